The first kappa shape index (κ1) is 23.8. The number of ether oxygens (including phenoxy) is 3. The largest absolute Gasteiger partial charge is 0.493 e. The lowest BCUT2D eigenvalue weighted by Gasteiger charge is -2.15. The molecule has 0 saturated heterocycles. The maximum absolute atomic E-state index is 5.44. The van der Waals surface area contributed by atoms with Crippen LogP contribution in [0.15, 0.2) is 79.1 Å². The van der Waals surface area contributed by atoms with Gasteiger partial charge in [0.25, 0.3) is 0 Å². The zero-order chi connectivity index (χ0) is 24.6. The first-order chi connectivity index (χ1) is 17.1. The lowest BCUT2D eigenvalue weighted by atomic mass is 10.1. The van der Waals surface area contributed by atoms with Crippen LogP contribution in [0.4, 0.5) is 22.9 Å². The van der Waals surface area contributed by atoms with E-state index in [-0.39, 0.29) is 0 Å². The predicted molar refractivity (Wildman–Crippen MR) is 143 cm³/mol. The molecule has 3 N–H and O–H groups in total. The quantitative estimate of drug-likeness (QED) is 0.270. The number of thiocarbonyl (C=S) groups is 1. The number of hydrogen-bond acceptors (Lipinski definition) is 7. The van der Waals surface area contributed by atoms with E-state index >= 15 is 0 Å². The van der Waals surface area contributed by atoms with Crippen LogP contribution in [-0.4, -0.2) is 36.4 Å². The van der Waals surface area contributed by atoms with Crippen molar-refractivity contribution >= 4 is 40.2 Å². The Kier molecular flexibility index (Phi) is 7.59. The summed E-state index contributed by atoms with van der Waals surface area (Å²) in [5.41, 5.74) is 4.06. The Balaban J connectivity index is 1.52. The number of methoxy groups -OCH3 is 3. The maximum Gasteiger partial charge on any atom is 0.203 e. The number of rotatable bonds is 8. The number of nitrogens with zero attached hydrogens (tertiary/aromatic N) is 2. The standard InChI is InChI=1S/C26H25N5O3S/c1-32-22-13-20(14-23(33-2)25(22)34-3)28-24-16-27-15-21(31-24)17-8-7-11-19(12-17)30-26(35)29-18-9-5-4-6-10-18/h4-16H,1-3H3,(H,28,31)(H2,29,30,35). The SMILES string of the molecule is COc1cc(Nc2cncc(-c3cccc(NC(=S)Nc4ccccc4)c3)n2)cc(OC)c1OC. The van der Waals surface area contributed by atoms with Crippen LogP contribution in [-0.2, 0) is 0 Å². The van der Waals surface area contributed by atoms with E-state index in [4.69, 9.17) is 31.4 Å². The molecule has 0 bridgehead atoms. The Labute approximate surface area is 209 Å². The van der Waals surface area contributed by atoms with E-state index in [1.807, 2.05) is 54.6 Å². The minimum absolute atomic E-state index is 0.497. The van der Waals surface area contributed by atoms with Crippen LogP contribution >= 0.6 is 12.2 Å². The van der Waals surface area contributed by atoms with E-state index in [1.54, 1.807) is 45.9 Å². The lowest BCUT2D eigenvalue weighted by Crippen LogP contribution is -2.18. The van der Waals surface area contributed by atoms with Crippen LogP contribution in [0.25, 0.3) is 11.3 Å². The normalized spacial score (nSPS) is 10.3. The van der Waals surface area contributed by atoms with Crippen LogP contribution < -0.4 is 30.2 Å². The molecule has 0 atom stereocenters. The van der Waals surface area contributed by atoms with Crippen LogP contribution in [0.1, 0.15) is 0 Å². The summed E-state index contributed by atoms with van der Waals surface area (Å²) in [5, 5.41) is 10.1. The molecule has 35 heavy (non-hydrogen) atoms. The average Bonchev–Trinajstić information content (AvgIpc) is 2.89. The Morgan fingerprint density at radius 2 is 1.43 bits per heavy atom. The van der Waals surface area contributed by atoms with Crippen molar-refractivity contribution in [1.82, 2.24) is 9.97 Å². The number of para-hydroxylation sites is 1. The van der Waals surface area contributed by atoms with Crippen LogP contribution in [0.5, 0.6) is 17.2 Å². The Hall–Kier alpha value is -4.37. The second-order valence-electron chi connectivity index (χ2n) is 7.35. The van der Waals surface area contributed by atoms with Crippen molar-refractivity contribution in [2.75, 3.05) is 37.3 Å². The highest BCUT2D eigenvalue weighted by atomic mass is 32.1. The summed E-state index contributed by atoms with van der Waals surface area (Å²) >= 11 is 5.44. The molecule has 4 aromatic rings. The summed E-state index contributed by atoms with van der Waals surface area (Å²) in [7, 11) is 4.71. The summed E-state index contributed by atoms with van der Waals surface area (Å²) < 4.78 is 16.2. The molecule has 0 amide bonds. The molecule has 0 aliphatic rings. The van der Waals surface area contributed by atoms with Crippen molar-refractivity contribution < 1.29 is 14.2 Å². The third kappa shape index (κ3) is 5.96. The number of aromatic nitrogens is 2. The van der Waals surface area contributed by atoms with Gasteiger partial charge in [-0.2, -0.15) is 0 Å². The third-order valence-corrected chi connectivity index (χ3v) is 5.22. The van der Waals surface area contributed by atoms with E-state index in [0.717, 1.165) is 22.6 Å². The number of nitrogens with one attached hydrogen (secondary N) is 3. The summed E-state index contributed by atoms with van der Waals surface area (Å²) in [5.74, 6) is 2.16. The maximum atomic E-state index is 5.44. The van der Waals surface area contributed by atoms with Gasteiger partial charge in [-0.3, -0.25) is 4.98 Å². The molecule has 1 aromatic heterocycles. The van der Waals surface area contributed by atoms with Gasteiger partial charge in [0.05, 0.1) is 39.4 Å². The number of anilines is 4. The Bertz CT molecular complexity index is 1290. The van der Waals surface area contributed by atoms with E-state index in [0.29, 0.717) is 33.9 Å². The van der Waals surface area contributed by atoms with Gasteiger partial charge in [-0.1, -0.05) is 30.3 Å². The van der Waals surface area contributed by atoms with E-state index in [2.05, 4.69) is 20.9 Å². The van der Waals surface area contributed by atoms with Crippen molar-refractivity contribution in [2.24, 2.45) is 0 Å². The average molecular weight is 488 g/mol. The molecule has 0 fully saturated rings. The highest BCUT2D eigenvalue weighted by molar-refractivity contribution is 7.80. The molecule has 178 valence electrons. The number of benzene rings is 3. The fourth-order valence-corrected chi connectivity index (χ4v) is 3.67. The van der Waals surface area contributed by atoms with E-state index < -0.39 is 0 Å². The predicted octanol–water partition coefficient (Wildman–Crippen LogP) is 5.72. The Morgan fingerprint density at radius 3 is 2.11 bits per heavy atom. The van der Waals surface area contributed by atoms with Gasteiger partial charge in [0.15, 0.2) is 16.6 Å². The summed E-state index contributed by atoms with van der Waals surface area (Å²) in [6.07, 6.45) is 3.35. The van der Waals surface area contributed by atoms with Crippen molar-refractivity contribution in [3.05, 3.63) is 79.1 Å². The second kappa shape index (κ2) is 11.2. The minimum atomic E-state index is 0.497. The van der Waals surface area contributed by atoms with Gasteiger partial charge in [-0.05, 0) is 36.5 Å². The van der Waals surface area contributed by atoms with Crippen molar-refractivity contribution in [3.8, 4) is 28.5 Å². The van der Waals surface area contributed by atoms with Crippen molar-refractivity contribution in [3.63, 3.8) is 0 Å². The van der Waals surface area contributed by atoms with Gasteiger partial charge in [0.1, 0.15) is 5.82 Å². The third-order valence-electron chi connectivity index (χ3n) is 5.02. The molecular formula is C26H25N5O3S. The molecule has 1 heterocycles. The smallest absolute Gasteiger partial charge is 0.203 e. The molecule has 0 aliphatic heterocycles. The number of hydrogen-bond donors (Lipinski definition) is 3. The molecule has 3 aromatic carbocycles. The highest BCUT2D eigenvalue weighted by Crippen LogP contribution is 2.40. The zero-order valence-electron chi connectivity index (χ0n) is 19.5. The molecule has 0 saturated carbocycles. The van der Waals surface area contributed by atoms with Gasteiger partial charge < -0.3 is 30.2 Å². The first-order valence-corrected chi connectivity index (χ1v) is 11.1. The van der Waals surface area contributed by atoms with Crippen LogP contribution in [0, 0.1) is 0 Å². The fraction of sp³-hybridized carbons (Fsp3) is 0.115. The molecule has 9 heteroatoms. The molecule has 0 radical (unpaired) electrons. The minimum Gasteiger partial charge on any atom is -0.493 e. The summed E-state index contributed by atoms with van der Waals surface area (Å²) in [6, 6.07) is 21.2. The molecular weight excluding hydrogens is 462 g/mol. The van der Waals surface area contributed by atoms with Crippen molar-refractivity contribution in [2.45, 2.75) is 0 Å². The molecule has 8 nitrogen and oxygen atoms in total. The van der Waals surface area contributed by atoms with Crippen molar-refractivity contribution in [1.29, 1.82) is 0 Å². The summed E-state index contributed by atoms with van der Waals surface area (Å²) in [4.78, 5) is 9.07. The van der Waals surface area contributed by atoms with E-state index in [9.17, 15) is 0 Å². The highest BCUT2D eigenvalue weighted by Gasteiger charge is 2.14. The second-order valence-corrected chi connectivity index (χ2v) is 7.76. The van der Waals surface area contributed by atoms with Crippen LogP contribution in [0.3, 0.4) is 0 Å². The monoisotopic (exact) mass is 487 g/mol. The first-order valence-electron chi connectivity index (χ1n) is 10.7. The molecule has 0 unspecified atom stereocenters. The van der Waals surface area contributed by atoms with Crippen LogP contribution in [0.2, 0.25) is 0 Å². The Morgan fingerprint density at radius 1 is 0.743 bits per heavy atom. The summed E-state index contributed by atoms with van der Waals surface area (Å²) in [6.45, 7) is 0. The topological polar surface area (TPSA) is 89.6 Å². The van der Waals surface area contributed by atoms with Gasteiger partial charge >= 0.3 is 0 Å². The van der Waals surface area contributed by atoms with Gasteiger partial charge in [0.2, 0.25) is 5.75 Å². The molecule has 0 spiro atoms. The zero-order valence-corrected chi connectivity index (χ0v) is 20.3. The molecule has 0 aliphatic carbocycles. The van der Waals surface area contributed by atoms with Gasteiger partial charge in [-0.25, -0.2) is 4.98 Å². The lowest BCUT2D eigenvalue weighted by molar-refractivity contribution is 0.324. The molecule has 4 rings (SSSR count). The van der Waals surface area contributed by atoms with Gasteiger partial charge in [0, 0.05) is 34.8 Å². The van der Waals surface area contributed by atoms with E-state index in [1.165, 1.54) is 0 Å². The fourth-order valence-electron chi connectivity index (χ4n) is 3.44. The van der Waals surface area contributed by atoms with Gasteiger partial charge in [-0.15, -0.1) is 0 Å².